The lowest BCUT2D eigenvalue weighted by atomic mass is 10.1. The van der Waals surface area contributed by atoms with Crippen molar-refractivity contribution in [1.82, 2.24) is 4.90 Å². The van der Waals surface area contributed by atoms with Crippen molar-refractivity contribution in [3.8, 4) is 0 Å². The molecular weight excluding hydrogens is 218 g/mol. The molecule has 0 heterocycles. The number of amidine groups is 1. The molecule has 1 amide bonds. The van der Waals surface area contributed by atoms with Gasteiger partial charge in [0.1, 0.15) is 5.84 Å². The van der Waals surface area contributed by atoms with Crippen molar-refractivity contribution in [2.75, 3.05) is 13.1 Å². The van der Waals surface area contributed by atoms with Crippen LogP contribution in [-0.4, -0.2) is 34.9 Å². The molecule has 0 aliphatic carbocycles. The summed E-state index contributed by atoms with van der Waals surface area (Å²) in [6.07, 6.45) is 0.954. The summed E-state index contributed by atoms with van der Waals surface area (Å²) in [4.78, 5) is 13.8. The molecular formula is C12H25N3O2. The number of amides is 1. The molecule has 0 unspecified atom stereocenters. The van der Waals surface area contributed by atoms with Gasteiger partial charge in [0.2, 0.25) is 5.91 Å². The SMILES string of the molecule is CC(C)CC(=O)N(CCC(N)=NO)CC(C)C. The Balaban J connectivity index is 4.37. The summed E-state index contributed by atoms with van der Waals surface area (Å²) < 4.78 is 0. The van der Waals surface area contributed by atoms with Gasteiger partial charge in [-0.05, 0) is 11.8 Å². The quantitative estimate of drug-likeness (QED) is 0.309. The zero-order valence-corrected chi connectivity index (χ0v) is 11.3. The molecule has 0 aromatic heterocycles. The first kappa shape index (κ1) is 15.7. The Hall–Kier alpha value is -1.26. The van der Waals surface area contributed by atoms with Crippen LogP contribution in [0.1, 0.15) is 40.5 Å². The average Bonchev–Trinajstić information content (AvgIpc) is 2.21. The van der Waals surface area contributed by atoms with Gasteiger partial charge in [-0.15, -0.1) is 0 Å². The molecule has 0 saturated carbocycles. The Kier molecular flexibility index (Phi) is 7.34. The van der Waals surface area contributed by atoms with Gasteiger partial charge >= 0.3 is 0 Å². The van der Waals surface area contributed by atoms with E-state index in [9.17, 15) is 4.79 Å². The lowest BCUT2D eigenvalue weighted by molar-refractivity contribution is -0.132. The van der Waals surface area contributed by atoms with Crippen LogP contribution in [0.3, 0.4) is 0 Å². The molecule has 0 aliphatic rings. The minimum atomic E-state index is 0.138. The third-order valence-corrected chi connectivity index (χ3v) is 2.29. The van der Waals surface area contributed by atoms with Crippen molar-refractivity contribution in [3.63, 3.8) is 0 Å². The predicted octanol–water partition coefficient (Wildman–Crippen LogP) is 1.65. The minimum Gasteiger partial charge on any atom is -0.409 e. The van der Waals surface area contributed by atoms with Gasteiger partial charge in [0, 0.05) is 25.9 Å². The second-order valence-corrected chi connectivity index (χ2v) is 5.17. The van der Waals surface area contributed by atoms with Gasteiger partial charge < -0.3 is 15.8 Å². The summed E-state index contributed by atoms with van der Waals surface area (Å²) in [5, 5.41) is 11.4. The molecule has 5 heteroatoms. The third kappa shape index (κ3) is 7.60. The Morgan fingerprint density at radius 3 is 2.29 bits per heavy atom. The lowest BCUT2D eigenvalue weighted by Crippen LogP contribution is -2.37. The van der Waals surface area contributed by atoms with E-state index in [0.29, 0.717) is 37.8 Å². The fourth-order valence-electron chi connectivity index (χ4n) is 1.54. The summed E-state index contributed by atoms with van der Waals surface area (Å²) in [5.41, 5.74) is 5.42. The molecule has 100 valence electrons. The molecule has 0 radical (unpaired) electrons. The molecule has 0 aromatic rings. The second kappa shape index (κ2) is 7.92. The highest BCUT2D eigenvalue weighted by molar-refractivity contribution is 5.81. The van der Waals surface area contributed by atoms with Gasteiger partial charge in [0.15, 0.2) is 0 Å². The molecule has 0 saturated heterocycles. The van der Waals surface area contributed by atoms with Crippen LogP contribution >= 0.6 is 0 Å². The van der Waals surface area contributed by atoms with E-state index in [1.807, 2.05) is 13.8 Å². The number of hydrogen-bond donors (Lipinski definition) is 2. The van der Waals surface area contributed by atoms with E-state index < -0.39 is 0 Å². The first-order chi connectivity index (χ1) is 7.86. The van der Waals surface area contributed by atoms with Gasteiger partial charge in [0.25, 0.3) is 0 Å². The van der Waals surface area contributed by atoms with Gasteiger partial charge in [0.05, 0.1) is 0 Å². The highest BCUT2D eigenvalue weighted by Crippen LogP contribution is 2.07. The molecule has 0 spiro atoms. The third-order valence-electron chi connectivity index (χ3n) is 2.29. The van der Waals surface area contributed by atoms with E-state index in [1.54, 1.807) is 4.90 Å². The van der Waals surface area contributed by atoms with Crippen LogP contribution in [0.5, 0.6) is 0 Å². The number of nitrogens with two attached hydrogens (primary N) is 1. The van der Waals surface area contributed by atoms with Gasteiger partial charge in [-0.3, -0.25) is 4.79 Å². The first-order valence-electron chi connectivity index (χ1n) is 6.11. The van der Waals surface area contributed by atoms with Gasteiger partial charge in [-0.1, -0.05) is 32.9 Å². The molecule has 5 nitrogen and oxygen atoms in total. The van der Waals surface area contributed by atoms with Crippen LogP contribution in [0.4, 0.5) is 0 Å². The molecule has 0 atom stereocenters. The standard InChI is InChI=1S/C12H25N3O2/c1-9(2)7-12(16)15(8-10(3)4)6-5-11(13)14-17/h9-10,17H,5-8H2,1-4H3,(H2,13,14). The largest absolute Gasteiger partial charge is 0.409 e. The number of carbonyl (C=O) groups excluding carboxylic acids is 1. The van der Waals surface area contributed by atoms with Crippen LogP contribution in [0.15, 0.2) is 5.16 Å². The first-order valence-corrected chi connectivity index (χ1v) is 6.11. The minimum absolute atomic E-state index is 0.138. The molecule has 0 rings (SSSR count). The highest BCUT2D eigenvalue weighted by Gasteiger charge is 2.16. The fraction of sp³-hybridized carbons (Fsp3) is 0.833. The number of nitrogens with zero attached hydrogens (tertiary/aromatic N) is 2. The normalized spacial score (nSPS) is 12.2. The Bertz CT molecular complexity index is 262. The summed E-state index contributed by atoms with van der Waals surface area (Å²) in [5.74, 6) is 1.06. The number of hydrogen-bond acceptors (Lipinski definition) is 3. The van der Waals surface area contributed by atoms with Crippen molar-refractivity contribution >= 4 is 11.7 Å². The fourth-order valence-corrected chi connectivity index (χ4v) is 1.54. The van der Waals surface area contributed by atoms with E-state index in [4.69, 9.17) is 10.9 Å². The van der Waals surface area contributed by atoms with Crippen molar-refractivity contribution in [2.45, 2.75) is 40.5 Å². The lowest BCUT2D eigenvalue weighted by Gasteiger charge is -2.25. The number of rotatable bonds is 7. The maximum absolute atomic E-state index is 12.0. The summed E-state index contributed by atoms with van der Waals surface area (Å²) in [6, 6.07) is 0. The van der Waals surface area contributed by atoms with Gasteiger partial charge in [-0.25, -0.2) is 0 Å². The van der Waals surface area contributed by atoms with E-state index in [-0.39, 0.29) is 11.7 Å². The Morgan fingerprint density at radius 2 is 1.88 bits per heavy atom. The van der Waals surface area contributed by atoms with Crippen LogP contribution in [0.2, 0.25) is 0 Å². The maximum Gasteiger partial charge on any atom is 0.222 e. The average molecular weight is 243 g/mol. The van der Waals surface area contributed by atoms with Crippen molar-refractivity contribution in [1.29, 1.82) is 0 Å². The molecule has 0 aromatic carbocycles. The summed E-state index contributed by atoms with van der Waals surface area (Å²) >= 11 is 0. The van der Waals surface area contributed by atoms with Crippen molar-refractivity contribution in [2.24, 2.45) is 22.7 Å². The molecule has 3 N–H and O–H groups in total. The molecule has 0 bridgehead atoms. The monoisotopic (exact) mass is 243 g/mol. The smallest absolute Gasteiger partial charge is 0.222 e. The summed E-state index contributed by atoms with van der Waals surface area (Å²) in [6.45, 7) is 9.41. The van der Waals surface area contributed by atoms with E-state index in [2.05, 4.69) is 19.0 Å². The summed E-state index contributed by atoms with van der Waals surface area (Å²) in [7, 11) is 0. The molecule has 0 fully saturated rings. The van der Waals surface area contributed by atoms with Crippen LogP contribution in [0.25, 0.3) is 0 Å². The topological polar surface area (TPSA) is 78.9 Å². The van der Waals surface area contributed by atoms with E-state index in [1.165, 1.54) is 0 Å². The number of carbonyl (C=O) groups is 1. The van der Waals surface area contributed by atoms with E-state index in [0.717, 1.165) is 0 Å². The zero-order valence-electron chi connectivity index (χ0n) is 11.3. The molecule has 17 heavy (non-hydrogen) atoms. The van der Waals surface area contributed by atoms with E-state index >= 15 is 0 Å². The molecule has 0 aliphatic heterocycles. The van der Waals surface area contributed by atoms with Crippen molar-refractivity contribution in [3.05, 3.63) is 0 Å². The highest BCUT2D eigenvalue weighted by atomic mass is 16.4. The van der Waals surface area contributed by atoms with Crippen LogP contribution in [-0.2, 0) is 4.79 Å². The maximum atomic E-state index is 12.0. The Morgan fingerprint density at radius 1 is 1.29 bits per heavy atom. The predicted molar refractivity (Wildman–Crippen MR) is 68.9 cm³/mol. The number of oxime groups is 1. The van der Waals surface area contributed by atoms with Gasteiger partial charge in [-0.2, -0.15) is 0 Å². The Labute approximate surface area is 104 Å². The zero-order chi connectivity index (χ0) is 13.4. The second-order valence-electron chi connectivity index (χ2n) is 5.17. The van der Waals surface area contributed by atoms with Crippen LogP contribution in [0, 0.1) is 11.8 Å². The van der Waals surface area contributed by atoms with Crippen LogP contribution < -0.4 is 5.73 Å². The van der Waals surface area contributed by atoms with Crippen molar-refractivity contribution < 1.29 is 10.0 Å².